The largest absolute Gasteiger partial charge is 0.495 e. The van der Waals surface area contributed by atoms with Gasteiger partial charge in [-0.1, -0.05) is 6.07 Å². The van der Waals surface area contributed by atoms with Gasteiger partial charge in [-0.25, -0.2) is 0 Å². The smallest absolute Gasteiger partial charge is 0.399 e. The molecule has 0 spiro atoms. The van der Waals surface area contributed by atoms with Gasteiger partial charge in [0, 0.05) is 0 Å². The number of nitriles is 1. The van der Waals surface area contributed by atoms with Crippen LogP contribution in [-0.4, -0.2) is 18.3 Å². The molecule has 1 aromatic carbocycles. The maximum absolute atomic E-state index is 9.39. The molecule has 0 atom stereocenters. The fraction of sp³-hybridized carbons (Fsp3) is 0.588. The number of nitrogens with zero attached hydrogens (tertiary/aromatic N) is 1. The highest BCUT2D eigenvalue weighted by Gasteiger charge is 2.52. The van der Waals surface area contributed by atoms with Crippen LogP contribution < -0.4 is 5.46 Å². The van der Waals surface area contributed by atoms with Gasteiger partial charge in [-0.2, -0.15) is 5.26 Å². The summed E-state index contributed by atoms with van der Waals surface area (Å²) < 4.78 is 12.3. The first-order chi connectivity index (χ1) is 9.75. The SMILES string of the molecule is Cc1c(C#N)cc(C2CC2)cc1B1OC(C)(C)C(C)(C)O1. The van der Waals surface area contributed by atoms with Crippen molar-refractivity contribution in [1.29, 1.82) is 5.26 Å². The molecule has 0 N–H and O–H groups in total. The van der Waals surface area contributed by atoms with E-state index < -0.39 is 0 Å². The van der Waals surface area contributed by atoms with Gasteiger partial charge < -0.3 is 9.31 Å². The average Bonchev–Trinajstić information content (AvgIpc) is 3.18. The lowest BCUT2D eigenvalue weighted by Gasteiger charge is -2.32. The van der Waals surface area contributed by atoms with Crippen molar-refractivity contribution < 1.29 is 9.31 Å². The molecule has 1 aliphatic heterocycles. The van der Waals surface area contributed by atoms with Crippen LogP contribution in [0.1, 0.15) is 63.1 Å². The third-order valence-corrected chi connectivity index (χ3v) is 5.15. The molecule has 4 heteroatoms. The van der Waals surface area contributed by atoms with E-state index >= 15 is 0 Å². The molecule has 21 heavy (non-hydrogen) atoms. The Labute approximate surface area is 127 Å². The van der Waals surface area contributed by atoms with E-state index in [0.29, 0.717) is 5.92 Å². The predicted octanol–water partition coefficient (Wildman–Crippen LogP) is 3.04. The molecule has 0 bridgehead atoms. The van der Waals surface area contributed by atoms with Crippen molar-refractivity contribution in [2.24, 2.45) is 0 Å². The minimum absolute atomic E-state index is 0.355. The first kappa shape index (κ1) is 14.6. The van der Waals surface area contributed by atoms with E-state index in [9.17, 15) is 5.26 Å². The van der Waals surface area contributed by atoms with Crippen molar-refractivity contribution in [3.8, 4) is 6.07 Å². The average molecular weight is 283 g/mol. The second-order valence-electron chi connectivity index (χ2n) is 7.26. The van der Waals surface area contributed by atoms with Crippen molar-refractivity contribution in [2.75, 3.05) is 0 Å². The van der Waals surface area contributed by atoms with Gasteiger partial charge in [-0.15, -0.1) is 0 Å². The molecule has 0 amide bonds. The third-order valence-electron chi connectivity index (χ3n) is 5.15. The lowest BCUT2D eigenvalue weighted by molar-refractivity contribution is 0.00578. The minimum atomic E-state index is -0.388. The third kappa shape index (κ3) is 2.39. The summed E-state index contributed by atoms with van der Waals surface area (Å²) >= 11 is 0. The van der Waals surface area contributed by atoms with E-state index in [2.05, 4.69) is 39.8 Å². The van der Waals surface area contributed by atoms with Crippen molar-refractivity contribution in [3.05, 3.63) is 28.8 Å². The molecule has 1 aliphatic carbocycles. The van der Waals surface area contributed by atoms with Crippen molar-refractivity contribution >= 4 is 12.6 Å². The Morgan fingerprint density at radius 1 is 1.14 bits per heavy atom. The van der Waals surface area contributed by atoms with E-state index in [-0.39, 0.29) is 18.3 Å². The molecule has 3 rings (SSSR count). The van der Waals surface area contributed by atoms with Crippen LogP contribution in [0.4, 0.5) is 0 Å². The van der Waals surface area contributed by atoms with Crippen LogP contribution in [0.15, 0.2) is 12.1 Å². The second-order valence-corrected chi connectivity index (χ2v) is 7.26. The fourth-order valence-corrected chi connectivity index (χ4v) is 2.74. The fourth-order valence-electron chi connectivity index (χ4n) is 2.74. The molecule has 1 saturated heterocycles. The highest BCUT2D eigenvalue weighted by molar-refractivity contribution is 6.62. The molecule has 1 aromatic rings. The molecule has 110 valence electrons. The van der Waals surface area contributed by atoms with Gasteiger partial charge >= 0.3 is 7.12 Å². The van der Waals surface area contributed by atoms with Gasteiger partial charge in [0.2, 0.25) is 0 Å². The lowest BCUT2D eigenvalue weighted by Crippen LogP contribution is -2.41. The van der Waals surface area contributed by atoms with Crippen LogP contribution >= 0.6 is 0 Å². The number of hydrogen-bond donors (Lipinski definition) is 0. The first-order valence-electron chi connectivity index (χ1n) is 7.65. The normalized spacial score (nSPS) is 23.1. The van der Waals surface area contributed by atoms with Crippen molar-refractivity contribution in [2.45, 2.75) is 64.6 Å². The zero-order valence-electron chi connectivity index (χ0n) is 13.5. The molecule has 0 unspecified atom stereocenters. The monoisotopic (exact) mass is 283 g/mol. The molecular formula is C17H22BNO2. The summed E-state index contributed by atoms with van der Waals surface area (Å²) in [6.07, 6.45) is 2.44. The second kappa shape index (κ2) is 4.59. The van der Waals surface area contributed by atoms with Crippen LogP contribution in [-0.2, 0) is 9.31 Å². The summed E-state index contributed by atoms with van der Waals surface area (Å²) in [5.41, 5.74) is 3.26. The summed E-state index contributed by atoms with van der Waals surface area (Å²) in [5, 5.41) is 9.39. The maximum atomic E-state index is 9.39. The van der Waals surface area contributed by atoms with Gasteiger partial charge in [0.05, 0.1) is 22.8 Å². The molecule has 3 nitrogen and oxygen atoms in total. The van der Waals surface area contributed by atoms with Gasteiger partial charge in [-0.3, -0.25) is 0 Å². The standard InChI is InChI=1S/C17H22BNO2/c1-11-14(10-19)8-13(12-6-7-12)9-15(11)18-20-16(2,3)17(4,5)21-18/h8-9,12H,6-7H2,1-5H3. The Bertz CT molecular complexity index is 610. The molecule has 0 aromatic heterocycles. The van der Waals surface area contributed by atoms with Crippen LogP contribution in [0.5, 0.6) is 0 Å². The molecule has 2 fully saturated rings. The van der Waals surface area contributed by atoms with Gasteiger partial charge in [0.25, 0.3) is 0 Å². The maximum Gasteiger partial charge on any atom is 0.495 e. The Hall–Kier alpha value is -1.31. The summed E-state index contributed by atoms with van der Waals surface area (Å²) in [6.45, 7) is 10.2. The molecule has 2 aliphatic rings. The van der Waals surface area contributed by atoms with Gasteiger partial charge in [-0.05, 0) is 76.0 Å². The quantitative estimate of drug-likeness (QED) is 0.783. The van der Waals surface area contributed by atoms with Crippen molar-refractivity contribution in [1.82, 2.24) is 0 Å². The van der Waals surface area contributed by atoms with E-state index in [4.69, 9.17) is 9.31 Å². The summed E-state index contributed by atoms with van der Waals surface area (Å²) in [4.78, 5) is 0. The number of rotatable bonds is 2. The minimum Gasteiger partial charge on any atom is -0.399 e. The van der Waals surface area contributed by atoms with E-state index in [0.717, 1.165) is 16.6 Å². The molecule has 1 saturated carbocycles. The number of benzene rings is 1. The Morgan fingerprint density at radius 3 is 2.19 bits per heavy atom. The van der Waals surface area contributed by atoms with Crippen LogP contribution in [0.3, 0.4) is 0 Å². The first-order valence-corrected chi connectivity index (χ1v) is 7.65. The van der Waals surface area contributed by atoms with Crippen LogP contribution in [0.25, 0.3) is 0 Å². The summed E-state index contributed by atoms with van der Waals surface area (Å²) in [6, 6.07) is 6.52. The predicted molar refractivity (Wildman–Crippen MR) is 83.6 cm³/mol. The molecular weight excluding hydrogens is 261 g/mol. The van der Waals surface area contributed by atoms with E-state index in [1.54, 1.807) is 0 Å². The number of hydrogen-bond acceptors (Lipinski definition) is 3. The van der Waals surface area contributed by atoms with Gasteiger partial charge in [0.1, 0.15) is 0 Å². The topological polar surface area (TPSA) is 42.2 Å². The van der Waals surface area contributed by atoms with Gasteiger partial charge in [0.15, 0.2) is 0 Å². The van der Waals surface area contributed by atoms with Crippen molar-refractivity contribution in [3.63, 3.8) is 0 Å². The highest BCUT2D eigenvalue weighted by Crippen LogP contribution is 2.41. The van der Waals surface area contributed by atoms with Crippen LogP contribution in [0.2, 0.25) is 0 Å². The Morgan fingerprint density at radius 2 is 1.71 bits per heavy atom. The Kier molecular flexibility index (Phi) is 3.20. The lowest BCUT2D eigenvalue weighted by atomic mass is 9.74. The summed E-state index contributed by atoms with van der Waals surface area (Å²) in [5.74, 6) is 0.610. The highest BCUT2D eigenvalue weighted by atomic mass is 16.7. The summed E-state index contributed by atoms with van der Waals surface area (Å²) in [7, 11) is -0.388. The molecule has 0 radical (unpaired) electrons. The van der Waals surface area contributed by atoms with E-state index in [1.807, 2.05) is 13.0 Å². The zero-order valence-corrected chi connectivity index (χ0v) is 13.5. The Balaban J connectivity index is 2.03. The molecule has 1 heterocycles. The zero-order chi connectivity index (χ0) is 15.4. The van der Waals surface area contributed by atoms with Crippen LogP contribution in [0, 0.1) is 18.3 Å². The van der Waals surface area contributed by atoms with E-state index in [1.165, 1.54) is 18.4 Å².